The van der Waals surface area contributed by atoms with E-state index in [2.05, 4.69) is 20.5 Å². The number of halogens is 1. The van der Waals surface area contributed by atoms with E-state index >= 15 is 0 Å². The lowest BCUT2D eigenvalue weighted by molar-refractivity contribution is 0.667. The molecule has 2 rings (SSSR count). The highest BCUT2D eigenvalue weighted by molar-refractivity contribution is 7.15. The van der Waals surface area contributed by atoms with Gasteiger partial charge in [-0.25, -0.2) is 4.98 Å². The molecule has 78 valence electrons. The lowest BCUT2D eigenvalue weighted by Gasteiger charge is -2.00. The number of nitrogens with one attached hydrogen (secondary N) is 1. The molecule has 0 unspecified atom stereocenters. The van der Waals surface area contributed by atoms with Gasteiger partial charge in [-0.15, -0.1) is 11.3 Å². The van der Waals surface area contributed by atoms with Crippen LogP contribution >= 0.6 is 22.9 Å². The van der Waals surface area contributed by atoms with Crippen molar-refractivity contribution >= 4 is 22.9 Å². The third-order valence-corrected chi connectivity index (χ3v) is 2.85. The van der Waals surface area contributed by atoms with Crippen LogP contribution in [0.5, 0.6) is 0 Å². The maximum atomic E-state index is 5.76. The minimum Gasteiger partial charge on any atom is -0.305 e. The van der Waals surface area contributed by atoms with Gasteiger partial charge >= 0.3 is 0 Å². The summed E-state index contributed by atoms with van der Waals surface area (Å²) in [6.07, 6.45) is 3.32. The minimum absolute atomic E-state index is 0.686. The fraction of sp³-hybridized carbons (Fsp3) is 0.222. The first kappa shape index (κ1) is 10.5. The zero-order valence-corrected chi connectivity index (χ0v) is 9.42. The Morgan fingerprint density at radius 3 is 3.00 bits per heavy atom. The van der Waals surface area contributed by atoms with Crippen molar-refractivity contribution < 1.29 is 0 Å². The second-order valence-electron chi connectivity index (χ2n) is 2.88. The smallest absolute Gasteiger partial charge is 0.113 e. The molecule has 2 aromatic rings. The maximum Gasteiger partial charge on any atom is 0.113 e. The van der Waals surface area contributed by atoms with E-state index in [1.54, 1.807) is 12.4 Å². The van der Waals surface area contributed by atoms with E-state index in [1.807, 2.05) is 12.1 Å². The van der Waals surface area contributed by atoms with Crippen molar-refractivity contribution in [1.82, 2.24) is 20.5 Å². The molecule has 2 aromatic heterocycles. The molecule has 4 nitrogen and oxygen atoms in total. The molecule has 0 aliphatic heterocycles. The first-order valence-corrected chi connectivity index (χ1v) is 5.61. The van der Waals surface area contributed by atoms with Crippen molar-refractivity contribution in [2.24, 2.45) is 0 Å². The fourth-order valence-corrected chi connectivity index (χ4v) is 2.02. The van der Waals surface area contributed by atoms with Crippen molar-refractivity contribution in [2.45, 2.75) is 13.1 Å². The molecule has 0 amide bonds. The van der Waals surface area contributed by atoms with E-state index in [1.165, 1.54) is 11.3 Å². The first-order valence-electron chi connectivity index (χ1n) is 4.42. The van der Waals surface area contributed by atoms with Crippen LogP contribution in [0.15, 0.2) is 24.5 Å². The highest BCUT2D eigenvalue weighted by Gasteiger charge is 1.99. The molecule has 2 heterocycles. The van der Waals surface area contributed by atoms with Gasteiger partial charge in [0.1, 0.15) is 9.34 Å². The van der Waals surface area contributed by atoms with E-state index in [-0.39, 0.29) is 0 Å². The number of thiazole rings is 1. The predicted molar refractivity (Wildman–Crippen MR) is 59.7 cm³/mol. The lowest BCUT2D eigenvalue weighted by atomic mass is 10.4. The van der Waals surface area contributed by atoms with Crippen LogP contribution in [0.4, 0.5) is 0 Å². The van der Waals surface area contributed by atoms with Crippen LogP contribution in [0.25, 0.3) is 0 Å². The van der Waals surface area contributed by atoms with E-state index in [9.17, 15) is 0 Å². The standard InChI is InChI=1S/C9H9ClN4S/c10-8-5-12-9(15-8)6-11-4-7-2-1-3-13-14-7/h1-3,5,11H,4,6H2. The molecule has 0 atom stereocenters. The second kappa shape index (κ2) is 5.16. The molecule has 0 aliphatic rings. The van der Waals surface area contributed by atoms with E-state index < -0.39 is 0 Å². The summed E-state index contributed by atoms with van der Waals surface area (Å²) in [6, 6.07) is 3.79. The number of rotatable bonds is 4. The SMILES string of the molecule is Clc1cnc(CNCc2cccnn2)s1. The first-order chi connectivity index (χ1) is 7.34. The molecule has 0 saturated heterocycles. The molecular weight excluding hydrogens is 232 g/mol. The molecule has 0 aliphatic carbocycles. The van der Waals surface area contributed by atoms with Crippen molar-refractivity contribution in [3.63, 3.8) is 0 Å². The third kappa shape index (κ3) is 3.23. The Labute approximate surface area is 96.3 Å². The molecule has 15 heavy (non-hydrogen) atoms. The quantitative estimate of drug-likeness (QED) is 0.887. The molecule has 0 spiro atoms. The zero-order valence-electron chi connectivity index (χ0n) is 7.85. The molecule has 6 heteroatoms. The predicted octanol–water partition coefficient (Wildman–Crippen LogP) is 1.88. The molecule has 0 fully saturated rings. The van der Waals surface area contributed by atoms with E-state index in [0.29, 0.717) is 17.4 Å². The van der Waals surface area contributed by atoms with E-state index in [4.69, 9.17) is 11.6 Å². The maximum absolute atomic E-state index is 5.76. The average molecular weight is 241 g/mol. The Morgan fingerprint density at radius 2 is 2.33 bits per heavy atom. The van der Waals surface area contributed by atoms with Gasteiger partial charge in [-0.2, -0.15) is 10.2 Å². The van der Waals surface area contributed by atoms with Gasteiger partial charge in [-0.05, 0) is 12.1 Å². The molecule has 1 N–H and O–H groups in total. The van der Waals surface area contributed by atoms with Gasteiger partial charge in [-0.1, -0.05) is 11.6 Å². The van der Waals surface area contributed by atoms with Gasteiger partial charge in [0.05, 0.1) is 11.9 Å². The van der Waals surface area contributed by atoms with Crippen LogP contribution in [-0.2, 0) is 13.1 Å². The zero-order chi connectivity index (χ0) is 10.5. The van der Waals surface area contributed by atoms with Crippen LogP contribution in [0.2, 0.25) is 4.34 Å². The Bertz CT molecular complexity index is 417. The highest BCUT2D eigenvalue weighted by atomic mass is 35.5. The minimum atomic E-state index is 0.686. The summed E-state index contributed by atoms with van der Waals surface area (Å²) in [6.45, 7) is 1.39. The number of nitrogens with zero attached hydrogens (tertiary/aromatic N) is 3. The Hall–Kier alpha value is -1.04. The summed E-state index contributed by atoms with van der Waals surface area (Å²) in [5, 5.41) is 11.9. The van der Waals surface area contributed by atoms with Crippen LogP contribution < -0.4 is 5.32 Å². The topological polar surface area (TPSA) is 50.7 Å². The van der Waals surface area contributed by atoms with Crippen molar-refractivity contribution in [2.75, 3.05) is 0 Å². The van der Waals surface area contributed by atoms with Crippen LogP contribution in [-0.4, -0.2) is 15.2 Å². The monoisotopic (exact) mass is 240 g/mol. The van der Waals surface area contributed by atoms with Gasteiger partial charge in [0.15, 0.2) is 0 Å². The molecule has 0 bridgehead atoms. The van der Waals surface area contributed by atoms with Gasteiger partial charge < -0.3 is 5.32 Å². The van der Waals surface area contributed by atoms with Crippen molar-refractivity contribution in [3.05, 3.63) is 39.6 Å². The summed E-state index contributed by atoms with van der Waals surface area (Å²) in [7, 11) is 0. The molecule has 0 aromatic carbocycles. The van der Waals surface area contributed by atoms with Crippen molar-refractivity contribution in [1.29, 1.82) is 0 Å². The summed E-state index contributed by atoms with van der Waals surface area (Å²) in [4.78, 5) is 4.13. The Balaban J connectivity index is 1.80. The largest absolute Gasteiger partial charge is 0.305 e. The Kier molecular flexibility index (Phi) is 3.60. The molecule has 0 radical (unpaired) electrons. The fourth-order valence-electron chi connectivity index (χ4n) is 1.09. The van der Waals surface area contributed by atoms with Crippen LogP contribution in [0.1, 0.15) is 10.7 Å². The highest BCUT2D eigenvalue weighted by Crippen LogP contribution is 2.17. The summed E-state index contributed by atoms with van der Waals surface area (Å²) >= 11 is 7.24. The summed E-state index contributed by atoms with van der Waals surface area (Å²) in [5.74, 6) is 0. The average Bonchev–Trinajstić information content (AvgIpc) is 2.66. The summed E-state index contributed by atoms with van der Waals surface area (Å²) < 4.78 is 0.714. The normalized spacial score (nSPS) is 10.5. The van der Waals surface area contributed by atoms with Crippen LogP contribution in [0.3, 0.4) is 0 Å². The van der Waals surface area contributed by atoms with E-state index in [0.717, 1.165) is 10.7 Å². The molecular formula is C9H9ClN4S. The number of aromatic nitrogens is 3. The van der Waals surface area contributed by atoms with Gasteiger partial charge in [0, 0.05) is 19.3 Å². The van der Waals surface area contributed by atoms with Crippen LogP contribution in [0, 0.1) is 0 Å². The third-order valence-electron chi connectivity index (χ3n) is 1.74. The number of hydrogen-bond acceptors (Lipinski definition) is 5. The number of hydrogen-bond donors (Lipinski definition) is 1. The van der Waals surface area contributed by atoms with Gasteiger partial charge in [-0.3, -0.25) is 0 Å². The molecule has 0 saturated carbocycles. The van der Waals surface area contributed by atoms with Gasteiger partial charge in [0.2, 0.25) is 0 Å². The van der Waals surface area contributed by atoms with Gasteiger partial charge in [0.25, 0.3) is 0 Å². The van der Waals surface area contributed by atoms with Crippen molar-refractivity contribution in [3.8, 4) is 0 Å². The lowest BCUT2D eigenvalue weighted by Crippen LogP contribution is -2.13. The Morgan fingerprint density at radius 1 is 1.40 bits per heavy atom. The second-order valence-corrected chi connectivity index (χ2v) is 4.62. The summed E-state index contributed by atoms with van der Waals surface area (Å²) in [5.41, 5.74) is 0.917.